The van der Waals surface area contributed by atoms with Gasteiger partial charge in [0, 0.05) is 18.3 Å². The molecule has 17 heavy (non-hydrogen) atoms. The molecule has 1 fully saturated rings. The van der Waals surface area contributed by atoms with Crippen molar-refractivity contribution in [3.8, 4) is 0 Å². The number of halogens is 1. The van der Waals surface area contributed by atoms with Crippen LogP contribution in [0.5, 0.6) is 0 Å². The molecule has 0 saturated heterocycles. The van der Waals surface area contributed by atoms with E-state index < -0.39 is 0 Å². The summed E-state index contributed by atoms with van der Waals surface area (Å²) in [6, 6.07) is 2.05. The molecule has 2 heteroatoms. The molecule has 1 heterocycles. The first-order valence-electron chi connectivity index (χ1n) is 6.48. The van der Waals surface area contributed by atoms with Gasteiger partial charge in [-0.15, -0.1) is 11.6 Å². The van der Waals surface area contributed by atoms with Gasteiger partial charge >= 0.3 is 0 Å². The molecule has 0 aliphatic heterocycles. The highest BCUT2D eigenvalue weighted by Crippen LogP contribution is 2.31. The predicted molar refractivity (Wildman–Crippen MR) is 74.2 cm³/mol. The van der Waals surface area contributed by atoms with E-state index in [1.165, 1.54) is 48.8 Å². The highest BCUT2D eigenvalue weighted by atomic mass is 35.5. The predicted octanol–water partition coefficient (Wildman–Crippen LogP) is 4.59. The van der Waals surface area contributed by atoms with E-state index in [1.807, 2.05) is 12.4 Å². The van der Waals surface area contributed by atoms with Crippen molar-refractivity contribution in [3.05, 3.63) is 35.2 Å². The van der Waals surface area contributed by atoms with Gasteiger partial charge in [-0.3, -0.25) is 4.98 Å². The number of pyridine rings is 1. The third-order valence-corrected chi connectivity index (χ3v) is 4.01. The van der Waals surface area contributed by atoms with Gasteiger partial charge in [0.2, 0.25) is 0 Å². The van der Waals surface area contributed by atoms with Crippen molar-refractivity contribution >= 4 is 17.7 Å². The second-order valence-electron chi connectivity index (χ2n) is 4.92. The highest BCUT2D eigenvalue weighted by molar-refractivity contribution is 6.19. The summed E-state index contributed by atoms with van der Waals surface area (Å²) in [6.07, 6.45) is 12.7. The molecule has 1 aromatic rings. The van der Waals surface area contributed by atoms with E-state index in [0.717, 1.165) is 0 Å². The molecule has 1 aliphatic rings. The van der Waals surface area contributed by atoms with E-state index in [0.29, 0.717) is 11.8 Å². The molecular weight excluding hydrogens is 230 g/mol. The number of hydrogen-bond acceptors (Lipinski definition) is 1. The molecule has 1 aromatic heterocycles. The fourth-order valence-electron chi connectivity index (χ4n) is 2.57. The second kappa shape index (κ2) is 6.20. The van der Waals surface area contributed by atoms with Crippen LogP contribution in [0.1, 0.15) is 43.2 Å². The number of nitrogens with zero attached hydrogens (tertiary/aromatic N) is 1. The van der Waals surface area contributed by atoms with E-state index >= 15 is 0 Å². The number of rotatable bonds is 3. The van der Waals surface area contributed by atoms with E-state index in [9.17, 15) is 0 Å². The molecule has 0 spiro atoms. The zero-order chi connectivity index (χ0) is 12.1. The monoisotopic (exact) mass is 249 g/mol. The number of hydrogen-bond donors (Lipinski definition) is 0. The summed E-state index contributed by atoms with van der Waals surface area (Å²) in [7, 11) is 0. The molecule has 1 nitrogen and oxygen atoms in total. The molecule has 0 unspecified atom stereocenters. The zero-order valence-corrected chi connectivity index (χ0v) is 11.2. The molecule has 0 amide bonds. The number of aromatic nitrogens is 1. The average Bonchev–Trinajstić information content (AvgIpc) is 2.39. The summed E-state index contributed by atoms with van der Waals surface area (Å²) in [4.78, 5) is 4.19. The standard InChI is InChI=1S/C15H20ClN/c1-12-7-8-17-11-15(12)9-14(10-16)13-5-3-2-4-6-13/h7-9,11,13H,2-6,10H2,1H3/b14-9-. The number of aryl methyl sites for hydroxylation is 1. The Labute approximate surface area is 109 Å². The van der Waals surface area contributed by atoms with Gasteiger partial charge in [0.05, 0.1) is 0 Å². The Balaban J connectivity index is 2.19. The summed E-state index contributed by atoms with van der Waals surface area (Å²) in [5.41, 5.74) is 3.88. The fourth-order valence-corrected chi connectivity index (χ4v) is 2.86. The van der Waals surface area contributed by atoms with Crippen molar-refractivity contribution in [2.45, 2.75) is 39.0 Å². The average molecular weight is 250 g/mol. The number of allylic oxidation sites excluding steroid dienone is 1. The first-order valence-corrected chi connectivity index (χ1v) is 7.01. The van der Waals surface area contributed by atoms with Crippen molar-refractivity contribution in [2.24, 2.45) is 5.92 Å². The molecular formula is C15H20ClN. The van der Waals surface area contributed by atoms with E-state index in [-0.39, 0.29) is 0 Å². The van der Waals surface area contributed by atoms with Crippen LogP contribution in [0.2, 0.25) is 0 Å². The molecule has 92 valence electrons. The fraction of sp³-hybridized carbons (Fsp3) is 0.533. The van der Waals surface area contributed by atoms with Crippen molar-refractivity contribution in [1.82, 2.24) is 4.98 Å². The van der Waals surface area contributed by atoms with E-state index in [1.54, 1.807) is 0 Å². The summed E-state index contributed by atoms with van der Waals surface area (Å²) in [5, 5.41) is 0. The van der Waals surface area contributed by atoms with Gasteiger partial charge in [-0.1, -0.05) is 30.9 Å². The van der Waals surface area contributed by atoms with Gasteiger partial charge in [0.25, 0.3) is 0 Å². The Morgan fingerprint density at radius 3 is 2.82 bits per heavy atom. The van der Waals surface area contributed by atoms with Gasteiger partial charge in [-0.2, -0.15) is 0 Å². The van der Waals surface area contributed by atoms with Crippen molar-refractivity contribution in [1.29, 1.82) is 0 Å². The van der Waals surface area contributed by atoms with E-state index in [4.69, 9.17) is 11.6 Å². The normalized spacial score (nSPS) is 18.4. The maximum Gasteiger partial charge on any atom is 0.0439 e. The molecule has 0 radical (unpaired) electrons. The molecule has 0 atom stereocenters. The molecule has 1 aliphatic carbocycles. The minimum Gasteiger partial charge on any atom is -0.264 e. The minimum atomic E-state index is 0.652. The minimum absolute atomic E-state index is 0.652. The molecule has 0 bridgehead atoms. The Kier molecular flexibility index (Phi) is 4.61. The molecule has 2 rings (SSSR count). The lowest BCUT2D eigenvalue weighted by Gasteiger charge is -2.23. The Morgan fingerprint density at radius 1 is 1.41 bits per heavy atom. The first-order chi connectivity index (χ1) is 8.31. The van der Waals surface area contributed by atoms with Crippen LogP contribution >= 0.6 is 11.6 Å². The summed E-state index contributed by atoms with van der Waals surface area (Å²) in [6.45, 7) is 2.13. The number of alkyl halides is 1. The first kappa shape index (κ1) is 12.6. The largest absolute Gasteiger partial charge is 0.264 e. The quantitative estimate of drug-likeness (QED) is 0.714. The van der Waals surface area contributed by atoms with Gasteiger partial charge in [0.15, 0.2) is 0 Å². The lowest BCUT2D eigenvalue weighted by molar-refractivity contribution is 0.405. The summed E-state index contributed by atoms with van der Waals surface area (Å²) in [5.74, 6) is 1.35. The Hall–Kier alpha value is -0.820. The smallest absolute Gasteiger partial charge is 0.0439 e. The van der Waals surface area contributed by atoms with Gasteiger partial charge < -0.3 is 0 Å². The highest BCUT2D eigenvalue weighted by Gasteiger charge is 2.17. The van der Waals surface area contributed by atoms with Crippen LogP contribution in [0.15, 0.2) is 24.0 Å². The van der Waals surface area contributed by atoms with Crippen LogP contribution in [0.3, 0.4) is 0 Å². The van der Waals surface area contributed by atoms with Gasteiger partial charge in [0.1, 0.15) is 0 Å². The third kappa shape index (κ3) is 3.32. The maximum atomic E-state index is 6.11. The van der Waals surface area contributed by atoms with Crippen LogP contribution in [-0.2, 0) is 0 Å². The van der Waals surface area contributed by atoms with Crippen molar-refractivity contribution in [2.75, 3.05) is 5.88 Å². The summed E-state index contributed by atoms with van der Waals surface area (Å²) < 4.78 is 0. The second-order valence-corrected chi connectivity index (χ2v) is 5.19. The molecule has 0 N–H and O–H groups in total. The molecule has 1 saturated carbocycles. The topological polar surface area (TPSA) is 12.9 Å². The SMILES string of the molecule is Cc1ccncc1/C=C(/CCl)C1CCCCC1. The van der Waals surface area contributed by atoms with Crippen LogP contribution in [-0.4, -0.2) is 10.9 Å². The van der Waals surface area contributed by atoms with Crippen LogP contribution in [0, 0.1) is 12.8 Å². The van der Waals surface area contributed by atoms with Crippen LogP contribution in [0.4, 0.5) is 0 Å². The third-order valence-electron chi connectivity index (χ3n) is 3.70. The Bertz CT molecular complexity index is 392. The zero-order valence-electron chi connectivity index (χ0n) is 10.5. The lowest BCUT2D eigenvalue weighted by Crippen LogP contribution is -2.10. The summed E-state index contributed by atoms with van der Waals surface area (Å²) >= 11 is 6.11. The maximum absolute atomic E-state index is 6.11. The van der Waals surface area contributed by atoms with Gasteiger partial charge in [-0.25, -0.2) is 0 Å². The van der Waals surface area contributed by atoms with Gasteiger partial charge in [-0.05, 0) is 42.9 Å². The van der Waals surface area contributed by atoms with Crippen LogP contribution in [0.25, 0.3) is 6.08 Å². The Morgan fingerprint density at radius 2 is 2.18 bits per heavy atom. The van der Waals surface area contributed by atoms with E-state index in [2.05, 4.69) is 24.1 Å². The van der Waals surface area contributed by atoms with Crippen molar-refractivity contribution in [3.63, 3.8) is 0 Å². The van der Waals surface area contributed by atoms with Crippen LogP contribution < -0.4 is 0 Å². The van der Waals surface area contributed by atoms with Crippen molar-refractivity contribution < 1.29 is 0 Å². The lowest BCUT2D eigenvalue weighted by atomic mass is 9.83. The molecule has 0 aromatic carbocycles.